The largest absolute Gasteiger partial charge is 0.360 e. The molecule has 2 aromatic heterocycles. The van der Waals surface area contributed by atoms with Crippen molar-refractivity contribution in [3.05, 3.63) is 102 Å². The second-order valence-corrected chi connectivity index (χ2v) is 7.67. The number of benzene rings is 3. The second kappa shape index (κ2) is 8.24. The quantitative estimate of drug-likeness (QED) is 0.375. The van der Waals surface area contributed by atoms with Gasteiger partial charge in [-0.05, 0) is 41.5 Å². The van der Waals surface area contributed by atoms with Crippen LogP contribution >= 0.6 is 0 Å². The first kappa shape index (κ1) is 19.9. The minimum absolute atomic E-state index is 0.196. The molecule has 158 valence electrons. The van der Waals surface area contributed by atoms with Crippen LogP contribution in [0.3, 0.4) is 0 Å². The number of aromatic nitrogens is 2. The van der Waals surface area contributed by atoms with Crippen molar-refractivity contribution in [3.63, 3.8) is 0 Å². The number of fused-ring (bicyclic) bond motifs is 2. The Kier molecular flexibility index (Phi) is 5.13. The van der Waals surface area contributed by atoms with Gasteiger partial charge in [-0.3, -0.25) is 4.79 Å². The number of nitrogens with zero attached hydrogens (tertiary/aromatic N) is 1. The monoisotopic (exact) mass is 424 g/mol. The number of hydrogen-bond acceptors (Lipinski definition) is 3. The Hall–Kier alpha value is -4.03. The lowest BCUT2D eigenvalue weighted by Crippen LogP contribution is -2.23. The van der Waals surface area contributed by atoms with Crippen LogP contribution in [0, 0.1) is 5.82 Å². The number of rotatable bonds is 5. The third-order valence-electron chi connectivity index (χ3n) is 5.59. The number of para-hydroxylation sites is 1. The van der Waals surface area contributed by atoms with Crippen LogP contribution in [0.25, 0.3) is 33.1 Å². The smallest absolute Gasteiger partial charge is 0.252 e. The normalized spacial score (nSPS) is 11.2. The molecule has 0 atom stereocenters. The highest BCUT2D eigenvalue weighted by molar-refractivity contribution is 6.08. The topological polar surface area (TPSA) is 83.8 Å². The van der Waals surface area contributed by atoms with Gasteiger partial charge in [-0.25, -0.2) is 9.37 Å². The van der Waals surface area contributed by atoms with Gasteiger partial charge < -0.3 is 16.0 Å². The first-order chi connectivity index (χ1) is 15.6. The van der Waals surface area contributed by atoms with Gasteiger partial charge in [-0.15, -0.1) is 0 Å². The maximum absolute atomic E-state index is 13.9. The number of carbonyl (C=O) groups is 1. The van der Waals surface area contributed by atoms with Crippen LogP contribution in [0.4, 0.5) is 4.39 Å². The van der Waals surface area contributed by atoms with E-state index in [1.807, 2.05) is 48.5 Å². The molecular formula is C26H21FN4O. The van der Waals surface area contributed by atoms with E-state index in [0.717, 1.165) is 33.0 Å². The lowest BCUT2D eigenvalue weighted by atomic mass is 10.0. The zero-order valence-corrected chi connectivity index (χ0v) is 17.2. The molecule has 0 aliphatic heterocycles. The summed E-state index contributed by atoms with van der Waals surface area (Å²) in [5.74, 6) is -0.517. The van der Waals surface area contributed by atoms with Crippen LogP contribution in [0.15, 0.2) is 79.0 Å². The molecule has 5 rings (SSSR count). The Labute approximate surface area is 184 Å². The summed E-state index contributed by atoms with van der Waals surface area (Å²) in [6, 6.07) is 21.7. The minimum atomic E-state index is -0.322. The summed E-state index contributed by atoms with van der Waals surface area (Å²) in [5.41, 5.74) is 11.1. The van der Waals surface area contributed by atoms with E-state index in [1.54, 1.807) is 18.3 Å². The van der Waals surface area contributed by atoms with Gasteiger partial charge in [0.1, 0.15) is 5.82 Å². The predicted octanol–water partition coefficient (Wildman–Crippen LogP) is 4.91. The zero-order valence-electron chi connectivity index (χ0n) is 17.2. The fourth-order valence-electron chi connectivity index (χ4n) is 3.88. The average Bonchev–Trinajstić information content (AvgIpc) is 3.25. The highest BCUT2D eigenvalue weighted by Crippen LogP contribution is 2.31. The zero-order chi connectivity index (χ0) is 22.1. The van der Waals surface area contributed by atoms with Crippen LogP contribution in [0.5, 0.6) is 0 Å². The van der Waals surface area contributed by atoms with Crippen LogP contribution < -0.4 is 11.1 Å². The van der Waals surface area contributed by atoms with Crippen LogP contribution in [0.1, 0.15) is 21.5 Å². The fraction of sp³-hybridized carbons (Fsp3) is 0.0769. The maximum atomic E-state index is 13.9. The maximum Gasteiger partial charge on any atom is 0.252 e. The molecule has 5 nitrogen and oxygen atoms in total. The molecule has 0 spiro atoms. The van der Waals surface area contributed by atoms with Crippen molar-refractivity contribution in [2.24, 2.45) is 5.73 Å². The number of nitrogens with one attached hydrogen (secondary N) is 2. The van der Waals surface area contributed by atoms with Gasteiger partial charge in [-0.1, -0.05) is 42.5 Å². The molecule has 0 radical (unpaired) electrons. The van der Waals surface area contributed by atoms with Crippen LogP contribution in [-0.4, -0.2) is 15.9 Å². The lowest BCUT2D eigenvalue weighted by molar-refractivity contribution is 0.0952. The number of hydrogen-bond donors (Lipinski definition) is 3. The van der Waals surface area contributed by atoms with Crippen molar-refractivity contribution in [2.75, 3.05) is 0 Å². The van der Waals surface area contributed by atoms with Gasteiger partial charge in [0.2, 0.25) is 0 Å². The van der Waals surface area contributed by atoms with E-state index >= 15 is 0 Å². The fourth-order valence-corrected chi connectivity index (χ4v) is 3.88. The summed E-state index contributed by atoms with van der Waals surface area (Å²) in [5, 5.41) is 4.48. The standard InChI is InChI=1S/C26H21FN4O/c27-18-9-10-23-20(11-18)22(15-29-23)25-12-21(19-3-1-2-4-24(19)31-25)26(32)30-14-17-7-5-16(13-28)6-8-17/h1-12,15,29H,13-14,28H2,(H,30,32). The van der Waals surface area contributed by atoms with E-state index < -0.39 is 0 Å². The third kappa shape index (κ3) is 3.72. The van der Waals surface area contributed by atoms with Crippen molar-refractivity contribution in [2.45, 2.75) is 13.1 Å². The Morgan fingerprint density at radius 3 is 2.56 bits per heavy atom. The van der Waals surface area contributed by atoms with Gasteiger partial charge in [0.25, 0.3) is 5.91 Å². The molecule has 32 heavy (non-hydrogen) atoms. The SMILES string of the molecule is NCc1ccc(CNC(=O)c2cc(-c3c[nH]c4ccc(F)cc34)nc3ccccc23)cc1. The van der Waals surface area contributed by atoms with Crippen molar-refractivity contribution >= 4 is 27.7 Å². The highest BCUT2D eigenvalue weighted by atomic mass is 19.1. The summed E-state index contributed by atoms with van der Waals surface area (Å²) < 4.78 is 13.9. The first-order valence-electron chi connectivity index (χ1n) is 10.4. The molecule has 0 bridgehead atoms. The van der Waals surface area contributed by atoms with E-state index in [0.29, 0.717) is 29.9 Å². The van der Waals surface area contributed by atoms with E-state index in [2.05, 4.69) is 10.3 Å². The molecular weight excluding hydrogens is 403 g/mol. The number of H-pyrrole nitrogens is 1. The van der Waals surface area contributed by atoms with Crippen molar-refractivity contribution < 1.29 is 9.18 Å². The first-order valence-corrected chi connectivity index (χ1v) is 10.4. The summed E-state index contributed by atoms with van der Waals surface area (Å²) in [6.45, 7) is 0.879. The van der Waals surface area contributed by atoms with E-state index in [4.69, 9.17) is 10.7 Å². The van der Waals surface area contributed by atoms with E-state index in [1.165, 1.54) is 12.1 Å². The molecule has 0 saturated heterocycles. The van der Waals surface area contributed by atoms with Crippen molar-refractivity contribution in [1.29, 1.82) is 0 Å². The Bertz CT molecular complexity index is 1440. The molecule has 0 fully saturated rings. The van der Waals surface area contributed by atoms with Crippen molar-refractivity contribution in [1.82, 2.24) is 15.3 Å². The van der Waals surface area contributed by atoms with Gasteiger partial charge in [0.15, 0.2) is 0 Å². The molecule has 4 N–H and O–H groups in total. The number of pyridine rings is 1. The molecule has 0 unspecified atom stereocenters. The molecule has 3 aromatic carbocycles. The lowest BCUT2D eigenvalue weighted by Gasteiger charge is -2.11. The Morgan fingerprint density at radius 1 is 0.969 bits per heavy atom. The van der Waals surface area contributed by atoms with E-state index in [9.17, 15) is 9.18 Å². The number of carbonyl (C=O) groups excluding carboxylic acids is 1. The minimum Gasteiger partial charge on any atom is -0.360 e. The molecule has 2 heterocycles. The molecule has 0 aliphatic carbocycles. The van der Waals surface area contributed by atoms with Gasteiger partial charge in [0.05, 0.1) is 16.8 Å². The summed E-state index contributed by atoms with van der Waals surface area (Å²) in [6.07, 6.45) is 1.79. The highest BCUT2D eigenvalue weighted by Gasteiger charge is 2.16. The Balaban J connectivity index is 1.53. The average molecular weight is 424 g/mol. The molecule has 6 heteroatoms. The van der Waals surface area contributed by atoms with Gasteiger partial charge >= 0.3 is 0 Å². The molecule has 0 aliphatic rings. The molecule has 0 saturated carbocycles. The Morgan fingerprint density at radius 2 is 1.75 bits per heavy atom. The third-order valence-corrected chi connectivity index (χ3v) is 5.59. The summed E-state index contributed by atoms with van der Waals surface area (Å²) in [7, 11) is 0. The second-order valence-electron chi connectivity index (χ2n) is 7.67. The van der Waals surface area contributed by atoms with Crippen molar-refractivity contribution in [3.8, 4) is 11.3 Å². The van der Waals surface area contributed by atoms with Crippen LogP contribution in [-0.2, 0) is 13.1 Å². The van der Waals surface area contributed by atoms with Crippen LogP contribution in [0.2, 0.25) is 0 Å². The number of halogens is 1. The van der Waals surface area contributed by atoms with E-state index in [-0.39, 0.29) is 11.7 Å². The summed E-state index contributed by atoms with van der Waals surface area (Å²) >= 11 is 0. The number of nitrogens with two attached hydrogens (primary N) is 1. The number of aromatic amines is 1. The van der Waals surface area contributed by atoms with Gasteiger partial charge in [-0.2, -0.15) is 0 Å². The predicted molar refractivity (Wildman–Crippen MR) is 124 cm³/mol. The molecule has 1 amide bonds. The molecule has 5 aromatic rings. The number of amides is 1. The van der Waals surface area contributed by atoms with Gasteiger partial charge in [0, 0.05) is 41.1 Å². The summed E-state index contributed by atoms with van der Waals surface area (Å²) in [4.78, 5) is 21.1.